The van der Waals surface area contributed by atoms with Gasteiger partial charge in [-0.05, 0) is 29.8 Å². The van der Waals surface area contributed by atoms with Crippen LogP contribution in [0.15, 0.2) is 65.6 Å². The van der Waals surface area contributed by atoms with Gasteiger partial charge in [-0.3, -0.25) is 4.98 Å². The van der Waals surface area contributed by atoms with Gasteiger partial charge in [0.2, 0.25) is 0 Å². The van der Waals surface area contributed by atoms with Crippen LogP contribution in [0.3, 0.4) is 0 Å². The quantitative estimate of drug-likeness (QED) is 0.733. The number of thioether (sulfide) groups is 1. The highest BCUT2D eigenvalue weighted by Gasteiger charge is 2.23. The summed E-state index contributed by atoms with van der Waals surface area (Å²) in [5, 5.41) is 4.81. The van der Waals surface area contributed by atoms with Crippen molar-refractivity contribution >= 4 is 22.7 Å². The maximum Gasteiger partial charge on any atom is 0.0706 e. The second kappa shape index (κ2) is 5.51. The third-order valence-corrected chi connectivity index (χ3v) is 4.97. The van der Waals surface area contributed by atoms with Gasteiger partial charge in [0.15, 0.2) is 0 Å². The smallest absolute Gasteiger partial charge is 0.0706 e. The minimum atomic E-state index is 0.342. The van der Waals surface area contributed by atoms with Crippen LogP contribution >= 0.6 is 11.8 Å². The minimum Gasteiger partial charge on any atom is -0.304 e. The Hall–Kier alpha value is -1.84. The molecular weight excluding hydrogens is 276 g/mol. The van der Waals surface area contributed by atoms with E-state index in [1.165, 1.54) is 21.5 Å². The number of benzene rings is 2. The van der Waals surface area contributed by atoms with E-state index in [0.717, 1.165) is 17.8 Å². The molecule has 3 heteroatoms. The Labute approximate surface area is 128 Å². The third kappa shape index (κ3) is 2.55. The van der Waals surface area contributed by atoms with Gasteiger partial charge in [0, 0.05) is 22.6 Å². The summed E-state index contributed by atoms with van der Waals surface area (Å²) in [4.78, 5) is 6.19. The van der Waals surface area contributed by atoms with E-state index in [9.17, 15) is 0 Å². The van der Waals surface area contributed by atoms with Crippen molar-refractivity contribution in [1.29, 1.82) is 0 Å². The van der Waals surface area contributed by atoms with Crippen LogP contribution in [0.25, 0.3) is 10.9 Å². The highest BCUT2D eigenvalue weighted by atomic mass is 32.2. The topological polar surface area (TPSA) is 24.9 Å². The number of rotatable bonds is 3. The zero-order chi connectivity index (χ0) is 14.1. The van der Waals surface area contributed by atoms with Crippen molar-refractivity contribution in [3.8, 4) is 0 Å². The van der Waals surface area contributed by atoms with Gasteiger partial charge in [-0.2, -0.15) is 0 Å². The number of aromatic nitrogens is 1. The van der Waals surface area contributed by atoms with Crippen molar-refractivity contribution in [1.82, 2.24) is 10.3 Å². The van der Waals surface area contributed by atoms with E-state index in [1.54, 1.807) is 0 Å². The maximum absolute atomic E-state index is 4.87. The molecule has 4 rings (SSSR count). The van der Waals surface area contributed by atoms with Gasteiger partial charge in [-0.15, -0.1) is 11.8 Å². The first kappa shape index (κ1) is 12.9. The molecule has 0 amide bonds. The SMILES string of the molecule is c1ccc(SCC2NCc3cc4ccccc4nc32)cc1. The standard InChI is InChI=1S/C18H16N2S/c1-2-7-15(8-3-1)21-12-17-18-14(11-19-17)10-13-6-4-5-9-16(13)20-18/h1-10,17,19H,11-12H2. The molecule has 0 radical (unpaired) electrons. The summed E-state index contributed by atoms with van der Waals surface area (Å²) in [6.07, 6.45) is 0. The normalized spacial score (nSPS) is 17.0. The molecule has 0 aliphatic carbocycles. The van der Waals surface area contributed by atoms with E-state index in [4.69, 9.17) is 4.98 Å². The molecule has 0 fully saturated rings. The Kier molecular flexibility index (Phi) is 3.37. The lowest BCUT2D eigenvalue weighted by atomic mass is 10.1. The Morgan fingerprint density at radius 3 is 2.76 bits per heavy atom. The van der Waals surface area contributed by atoms with E-state index in [1.807, 2.05) is 11.8 Å². The zero-order valence-electron chi connectivity index (χ0n) is 11.6. The monoisotopic (exact) mass is 292 g/mol. The molecule has 104 valence electrons. The Balaban J connectivity index is 1.59. The number of fused-ring (bicyclic) bond motifs is 2. The van der Waals surface area contributed by atoms with Crippen molar-refractivity contribution in [2.24, 2.45) is 0 Å². The maximum atomic E-state index is 4.87. The molecule has 1 unspecified atom stereocenters. The number of nitrogens with one attached hydrogen (secondary N) is 1. The van der Waals surface area contributed by atoms with E-state index in [-0.39, 0.29) is 0 Å². The van der Waals surface area contributed by atoms with Gasteiger partial charge >= 0.3 is 0 Å². The van der Waals surface area contributed by atoms with Crippen LogP contribution in [0.5, 0.6) is 0 Å². The average molecular weight is 292 g/mol. The summed E-state index contributed by atoms with van der Waals surface area (Å²) < 4.78 is 0. The Bertz CT molecular complexity index is 771. The zero-order valence-corrected chi connectivity index (χ0v) is 12.4. The van der Waals surface area contributed by atoms with Crippen molar-refractivity contribution in [2.75, 3.05) is 5.75 Å². The molecule has 1 aromatic heterocycles. The molecule has 2 nitrogen and oxygen atoms in total. The number of hydrogen-bond acceptors (Lipinski definition) is 3. The van der Waals surface area contributed by atoms with Crippen molar-refractivity contribution in [2.45, 2.75) is 17.5 Å². The summed E-state index contributed by atoms with van der Waals surface area (Å²) in [7, 11) is 0. The number of hydrogen-bond donors (Lipinski definition) is 1. The van der Waals surface area contributed by atoms with Crippen LogP contribution in [0.4, 0.5) is 0 Å². The van der Waals surface area contributed by atoms with Gasteiger partial charge in [-0.25, -0.2) is 0 Å². The molecule has 0 saturated carbocycles. The number of nitrogens with zero attached hydrogens (tertiary/aromatic N) is 1. The molecule has 21 heavy (non-hydrogen) atoms. The summed E-state index contributed by atoms with van der Waals surface area (Å²) in [6, 6.07) is 21.5. The van der Waals surface area contributed by atoms with Gasteiger partial charge in [0.1, 0.15) is 0 Å². The lowest BCUT2D eigenvalue weighted by Gasteiger charge is -2.11. The fourth-order valence-electron chi connectivity index (χ4n) is 2.78. The molecule has 0 spiro atoms. The van der Waals surface area contributed by atoms with Crippen LogP contribution < -0.4 is 5.32 Å². The first-order valence-electron chi connectivity index (χ1n) is 7.20. The van der Waals surface area contributed by atoms with Crippen LogP contribution in [-0.2, 0) is 6.54 Å². The van der Waals surface area contributed by atoms with Gasteiger partial charge in [0.25, 0.3) is 0 Å². The third-order valence-electron chi connectivity index (χ3n) is 3.87. The predicted octanol–water partition coefficient (Wildman–Crippen LogP) is 4.17. The first-order valence-corrected chi connectivity index (χ1v) is 8.18. The van der Waals surface area contributed by atoms with E-state index in [0.29, 0.717) is 6.04 Å². The predicted molar refractivity (Wildman–Crippen MR) is 88.5 cm³/mol. The van der Waals surface area contributed by atoms with Crippen LogP contribution in [-0.4, -0.2) is 10.7 Å². The second-order valence-corrected chi connectivity index (χ2v) is 6.38. The highest BCUT2D eigenvalue weighted by molar-refractivity contribution is 7.99. The van der Waals surface area contributed by atoms with E-state index in [2.05, 4.69) is 66.0 Å². The van der Waals surface area contributed by atoms with Crippen molar-refractivity contribution < 1.29 is 0 Å². The molecule has 0 saturated heterocycles. The van der Waals surface area contributed by atoms with Crippen molar-refractivity contribution in [3.05, 3.63) is 71.9 Å². The molecule has 1 atom stereocenters. The van der Waals surface area contributed by atoms with Gasteiger partial charge in [0.05, 0.1) is 17.3 Å². The molecule has 1 N–H and O–H groups in total. The Morgan fingerprint density at radius 2 is 1.86 bits per heavy atom. The molecule has 2 aromatic carbocycles. The van der Waals surface area contributed by atoms with Crippen LogP contribution in [0.2, 0.25) is 0 Å². The molecule has 2 heterocycles. The molecule has 1 aliphatic heterocycles. The van der Waals surface area contributed by atoms with Crippen LogP contribution in [0, 0.1) is 0 Å². The lowest BCUT2D eigenvalue weighted by Crippen LogP contribution is -2.15. The van der Waals surface area contributed by atoms with Gasteiger partial charge < -0.3 is 5.32 Å². The summed E-state index contributed by atoms with van der Waals surface area (Å²) in [5.74, 6) is 1.02. The second-order valence-electron chi connectivity index (χ2n) is 5.28. The molecule has 3 aromatic rings. The highest BCUT2D eigenvalue weighted by Crippen LogP contribution is 2.31. The Morgan fingerprint density at radius 1 is 1.05 bits per heavy atom. The number of pyridine rings is 1. The van der Waals surface area contributed by atoms with Gasteiger partial charge in [-0.1, -0.05) is 36.4 Å². The summed E-state index contributed by atoms with van der Waals surface area (Å²) in [5.41, 5.74) is 3.65. The molecule has 0 bridgehead atoms. The van der Waals surface area contributed by atoms with Crippen LogP contribution in [0.1, 0.15) is 17.3 Å². The molecule has 1 aliphatic rings. The lowest BCUT2D eigenvalue weighted by molar-refractivity contribution is 0.633. The minimum absolute atomic E-state index is 0.342. The first-order chi connectivity index (χ1) is 10.4. The summed E-state index contributed by atoms with van der Waals surface area (Å²) >= 11 is 1.88. The summed E-state index contributed by atoms with van der Waals surface area (Å²) in [6.45, 7) is 0.924. The molecular formula is C18H16N2S. The van der Waals surface area contributed by atoms with E-state index >= 15 is 0 Å². The fraction of sp³-hybridized carbons (Fsp3) is 0.167. The van der Waals surface area contributed by atoms with Crippen molar-refractivity contribution in [3.63, 3.8) is 0 Å². The number of para-hydroxylation sites is 1. The fourth-order valence-corrected chi connectivity index (χ4v) is 3.77. The average Bonchev–Trinajstić information content (AvgIpc) is 2.94. The largest absolute Gasteiger partial charge is 0.304 e. The van der Waals surface area contributed by atoms with E-state index < -0.39 is 0 Å².